The Labute approximate surface area is 150 Å². The Morgan fingerprint density at radius 3 is 2.42 bits per heavy atom. The van der Waals surface area contributed by atoms with Crippen molar-refractivity contribution < 1.29 is 9.59 Å². The van der Waals surface area contributed by atoms with Gasteiger partial charge in [-0.1, -0.05) is 26.0 Å². The molecule has 1 saturated heterocycles. The van der Waals surface area contributed by atoms with Crippen molar-refractivity contribution >= 4 is 29.9 Å². The predicted molar refractivity (Wildman–Crippen MR) is 99.5 cm³/mol. The first-order valence-electron chi connectivity index (χ1n) is 8.18. The van der Waals surface area contributed by atoms with Crippen molar-refractivity contribution in [2.75, 3.05) is 18.0 Å². The van der Waals surface area contributed by atoms with Gasteiger partial charge < -0.3 is 16.0 Å². The van der Waals surface area contributed by atoms with Crippen LogP contribution < -0.4 is 16.0 Å². The number of carbonyl (C=O) groups is 2. The van der Waals surface area contributed by atoms with Gasteiger partial charge in [0.25, 0.3) is 0 Å². The Balaban J connectivity index is 0.00000288. The minimum absolute atomic E-state index is 0. The summed E-state index contributed by atoms with van der Waals surface area (Å²) in [5.74, 6) is -0.527. The van der Waals surface area contributed by atoms with Crippen molar-refractivity contribution in [3.63, 3.8) is 0 Å². The van der Waals surface area contributed by atoms with E-state index in [1.165, 1.54) is 5.56 Å². The number of carbonyl (C=O) groups excluding carboxylic acids is 2. The SMILES string of the molecule is CC(C)c1ccc(N2CCC(C(=O)NC(C)(C)CN)C2=O)cc1.Cl. The van der Waals surface area contributed by atoms with E-state index in [1.807, 2.05) is 38.1 Å². The third-order valence-electron chi connectivity index (χ3n) is 4.37. The molecule has 1 aromatic carbocycles. The molecule has 0 aliphatic carbocycles. The van der Waals surface area contributed by atoms with Crippen molar-refractivity contribution in [3.8, 4) is 0 Å². The lowest BCUT2D eigenvalue weighted by Gasteiger charge is -2.25. The molecule has 6 heteroatoms. The first kappa shape index (κ1) is 20.5. The summed E-state index contributed by atoms with van der Waals surface area (Å²) in [6.07, 6.45) is 0.539. The number of rotatable bonds is 5. The number of nitrogens with two attached hydrogens (primary N) is 1. The van der Waals surface area contributed by atoms with E-state index in [2.05, 4.69) is 19.2 Å². The zero-order valence-electron chi connectivity index (χ0n) is 14.8. The number of halogens is 1. The fraction of sp³-hybridized carbons (Fsp3) is 0.556. The molecular formula is C18H28ClN3O2. The first-order chi connectivity index (χ1) is 10.7. The minimum Gasteiger partial charge on any atom is -0.349 e. The van der Waals surface area contributed by atoms with Crippen LogP contribution in [0.25, 0.3) is 0 Å². The average Bonchev–Trinajstić information content (AvgIpc) is 2.88. The number of benzene rings is 1. The van der Waals surface area contributed by atoms with E-state index < -0.39 is 11.5 Å². The smallest absolute Gasteiger partial charge is 0.239 e. The van der Waals surface area contributed by atoms with Crippen LogP contribution in [0, 0.1) is 5.92 Å². The van der Waals surface area contributed by atoms with Crippen LogP contribution >= 0.6 is 12.4 Å². The van der Waals surface area contributed by atoms with E-state index in [1.54, 1.807) is 4.90 Å². The molecule has 2 rings (SSSR count). The van der Waals surface area contributed by atoms with Gasteiger partial charge in [-0.05, 0) is 43.9 Å². The molecule has 1 aromatic rings. The van der Waals surface area contributed by atoms with E-state index in [9.17, 15) is 9.59 Å². The van der Waals surface area contributed by atoms with Crippen molar-refractivity contribution in [3.05, 3.63) is 29.8 Å². The van der Waals surface area contributed by atoms with E-state index >= 15 is 0 Å². The number of nitrogens with zero attached hydrogens (tertiary/aromatic N) is 1. The number of amides is 2. The highest BCUT2D eigenvalue weighted by atomic mass is 35.5. The average molecular weight is 354 g/mol. The maximum atomic E-state index is 12.6. The summed E-state index contributed by atoms with van der Waals surface area (Å²) in [6, 6.07) is 7.99. The number of hydrogen-bond acceptors (Lipinski definition) is 3. The van der Waals surface area contributed by atoms with Crippen molar-refractivity contribution in [1.82, 2.24) is 5.32 Å². The Morgan fingerprint density at radius 1 is 1.33 bits per heavy atom. The molecule has 3 N–H and O–H groups in total. The van der Waals surface area contributed by atoms with Crippen LogP contribution in [0.1, 0.15) is 45.6 Å². The third-order valence-corrected chi connectivity index (χ3v) is 4.37. The van der Waals surface area contributed by atoms with Gasteiger partial charge in [0.1, 0.15) is 5.92 Å². The van der Waals surface area contributed by atoms with Crippen LogP contribution in [0.5, 0.6) is 0 Å². The fourth-order valence-corrected chi connectivity index (χ4v) is 2.69. The molecule has 0 aromatic heterocycles. The van der Waals surface area contributed by atoms with E-state index in [0.29, 0.717) is 25.4 Å². The van der Waals surface area contributed by atoms with Gasteiger partial charge in [0.05, 0.1) is 0 Å². The molecule has 1 heterocycles. The number of anilines is 1. The lowest BCUT2D eigenvalue weighted by Crippen LogP contribution is -2.51. The van der Waals surface area contributed by atoms with Crippen molar-refractivity contribution in [2.45, 2.75) is 45.6 Å². The number of nitrogens with one attached hydrogen (secondary N) is 1. The molecule has 24 heavy (non-hydrogen) atoms. The highest BCUT2D eigenvalue weighted by Crippen LogP contribution is 2.27. The van der Waals surface area contributed by atoms with Gasteiger partial charge in [-0.2, -0.15) is 0 Å². The highest BCUT2D eigenvalue weighted by Gasteiger charge is 2.38. The summed E-state index contributed by atoms with van der Waals surface area (Å²) in [6.45, 7) is 8.88. The van der Waals surface area contributed by atoms with E-state index in [0.717, 1.165) is 5.69 Å². The summed E-state index contributed by atoms with van der Waals surface area (Å²) in [7, 11) is 0. The quantitative estimate of drug-likeness (QED) is 0.798. The summed E-state index contributed by atoms with van der Waals surface area (Å²) in [5.41, 5.74) is 7.23. The summed E-state index contributed by atoms with van der Waals surface area (Å²) >= 11 is 0. The Morgan fingerprint density at radius 2 is 1.92 bits per heavy atom. The van der Waals surface area contributed by atoms with Gasteiger partial charge in [0.15, 0.2) is 0 Å². The van der Waals surface area contributed by atoms with Crippen LogP contribution in [0.2, 0.25) is 0 Å². The van der Waals surface area contributed by atoms with Crippen LogP contribution in [0.15, 0.2) is 24.3 Å². The Kier molecular flexibility index (Phi) is 6.81. The van der Waals surface area contributed by atoms with E-state index in [4.69, 9.17) is 5.73 Å². The molecule has 1 aliphatic rings. The summed E-state index contributed by atoms with van der Waals surface area (Å²) < 4.78 is 0. The molecule has 0 saturated carbocycles. The monoisotopic (exact) mass is 353 g/mol. The predicted octanol–water partition coefficient (Wildman–Crippen LogP) is 2.44. The molecule has 1 unspecified atom stereocenters. The van der Waals surface area contributed by atoms with Crippen LogP contribution in [-0.2, 0) is 9.59 Å². The van der Waals surface area contributed by atoms with Gasteiger partial charge in [0.2, 0.25) is 11.8 Å². The van der Waals surface area contributed by atoms with Crippen molar-refractivity contribution in [1.29, 1.82) is 0 Å². The summed E-state index contributed by atoms with van der Waals surface area (Å²) in [5, 5.41) is 2.86. The molecule has 1 aliphatic heterocycles. The van der Waals surface area contributed by atoms with Crippen LogP contribution in [0.3, 0.4) is 0 Å². The fourth-order valence-electron chi connectivity index (χ4n) is 2.69. The van der Waals surface area contributed by atoms with Gasteiger partial charge >= 0.3 is 0 Å². The first-order valence-corrected chi connectivity index (χ1v) is 8.18. The Bertz CT molecular complexity index is 584. The second-order valence-corrected chi connectivity index (χ2v) is 7.15. The van der Waals surface area contributed by atoms with Crippen molar-refractivity contribution in [2.24, 2.45) is 11.7 Å². The molecule has 5 nitrogen and oxygen atoms in total. The normalized spacial score (nSPS) is 17.8. The lowest BCUT2D eigenvalue weighted by atomic mass is 10.0. The maximum absolute atomic E-state index is 12.6. The van der Waals surface area contributed by atoms with E-state index in [-0.39, 0.29) is 24.2 Å². The van der Waals surface area contributed by atoms with Gasteiger partial charge in [-0.25, -0.2) is 0 Å². The molecule has 134 valence electrons. The molecule has 1 atom stereocenters. The molecule has 1 fully saturated rings. The zero-order valence-corrected chi connectivity index (χ0v) is 15.7. The third kappa shape index (κ3) is 4.48. The molecule has 0 spiro atoms. The second kappa shape index (κ2) is 7.99. The maximum Gasteiger partial charge on any atom is 0.239 e. The largest absolute Gasteiger partial charge is 0.349 e. The molecule has 0 bridgehead atoms. The zero-order chi connectivity index (χ0) is 17.2. The van der Waals surface area contributed by atoms with Gasteiger partial charge in [0, 0.05) is 24.3 Å². The molecule has 0 radical (unpaired) electrons. The lowest BCUT2D eigenvalue weighted by molar-refractivity contribution is -0.133. The molecule has 2 amide bonds. The molecular weight excluding hydrogens is 326 g/mol. The Hall–Kier alpha value is -1.59. The summed E-state index contributed by atoms with van der Waals surface area (Å²) in [4.78, 5) is 26.6. The van der Waals surface area contributed by atoms with Crippen LogP contribution in [0.4, 0.5) is 5.69 Å². The topological polar surface area (TPSA) is 75.4 Å². The van der Waals surface area contributed by atoms with Crippen LogP contribution in [-0.4, -0.2) is 30.4 Å². The standard InChI is InChI=1S/C18H27N3O2.ClH/c1-12(2)13-5-7-14(8-6-13)21-10-9-15(17(21)23)16(22)20-18(3,4)11-19;/h5-8,12,15H,9-11,19H2,1-4H3,(H,20,22);1H. The van der Waals surface area contributed by atoms with Gasteiger partial charge in [-0.3, -0.25) is 9.59 Å². The minimum atomic E-state index is -0.620. The van der Waals surface area contributed by atoms with Gasteiger partial charge in [-0.15, -0.1) is 12.4 Å². The number of hydrogen-bond donors (Lipinski definition) is 2. The second-order valence-electron chi connectivity index (χ2n) is 7.15. The highest BCUT2D eigenvalue weighted by molar-refractivity contribution is 6.09.